The average Bonchev–Trinajstić information content (AvgIpc) is 2.78. The highest BCUT2D eigenvalue weighted by Crippen LogP contribution is 2.29. The monoisotopic (exact) mass is 404 g/mol. The van der Waals surface area contributed by atoms with Gasteiger partial charge >= 0.3 is 0 Å². The molecule has 3 aromatic rings. The van der Waals surface area contributed by atoms with E-state index in [0.29, 0.717) is 18.2 Å². The number of para-hydroxylation sites is 1. The Kier molecular flexibility index (Phi) is 5.84. The Morgan fingerprint density at radius 1 is 1.00 bits per heavy atom. The molecule has 0 atom stereocenters. The number of hydrogen-bond acceptors (Lipinski definition) is 5. The van der Waals surface area contributed by atoms with Crippen molar-refractivity contribution in [1.29, 1.82) is 0 Å². The molecule has 2 heterocycles. The van der Waals surface area contributed by atoms with Crippen molar-refractivity contribution in [3.05, 3.63) is 48.5 Å². The second-order valence-electron chi connectivity index (χ2n) is 8.08. The number of methoxy groups -OCH3 is 1. The van der Waals surface area contributed by atoms with Gasteiger partial charge in [-0.1, -0.05) is 26.0 Å². The molecule has 30 heavy (non-hydrogen) atoms. The van der Waals surface area contributed by atoms with E-state index in [1.807, 2.05) is 47.4 Å². The lowest BCUT2D eigenvalue weighted by atomic mass is 10.1. The van der Waals surface area contributed by atoms with Gasteiger partial charge in [0.25, 0.3) is 0 Å². The maximum atomic E-state index is 12.4. The van der Waals surface area contributed by atoms with E-state index in [9.17, 15) is 4.79 Å². The number of rotatable bonds is 5. The number of hydrogen-bond donors (Lipinski definition) is 0. The van der Waals surface area contributed by atoms with Crippen LogP contribution >= 0.6 is 0 Å². The maximum absolute atomic E-state index is 12.4. The molecule has 1 aromatic heterocycles. The first kappa shape index (κ1) is 20.1. The third-order valence-electron chi connectivity index (χ3n) is 5.45. The van der Waals surface area contributed by atoms with Crippen LogP contribution in [-0.4, -0.2) is 54.1 Å². The number of nitrogens with zero attached hydrogens (tertiary/aromatic N) is 4. The minimum Gasteiger partial charge on any atom is -0.497 e. The molecule has 1 fully saturated rings. The van der Waals surface area contributed by atoms with Crippen LogP contribution in [0.15, 0.2) is 48.5 Å². The highest BCUT2D eigenvalue weighted by molar-refractivity contribution is 5.91. The fourth-order valence-electron chi connectivity index (χ4n) is 3.82. The largest absolute Gasteiger partial charge is 0.497 e. The van der Waals surface area contributed by atoms with E-state index in [1.54, 1.807) is 7.11 Å². The van der Waals surface area contributed by atoms with Crippen LogP contribution in [0.25, 0.3) is 22.3 Å². The van der Waals surface area contributed by atoms with E-state index in [0.717, 1.165) is 54.2 Å². The topological polar surface area (TPSA) is 58.6 Å². The van der Waals surface area contributed by atoms with Crippen LogP contribution in [0.3, 0.4) is 0 Å². The molecule has 0 N–H and O–H groups in total. The maximum Gasteiger partial charge on any atom is 0.222 e. The van der Waals surface area contributed by atoms with Gasteiger partial charge in [0.15, 0.2) is 5.82 Å². The van der Waals surface area contributed by atoms with Gasteiger partial charge in [-0.2, -0.15) is 0 Å². The summed E-state index contributed by atoms with van der Waals surface area (Å²) in [6.45, 7) is 7.16. The Morgan fingerprint density at radius 3 is 2.37 bits per heavy atom. The summed E-state index contributed by atoms with van der Waals surface area (Å²) in [5, 5.41) is 1.04. The average molecular weight is 405 g/mol. The van der Waals surface area contributed by atoms with Gasteiger partial charge in [0.2, 0.25) is 5.91 Å². The van der Waals surface area contributed by atoms with Gasteiger partial charge in [0.05, 0.1) is 12.6 Å². The Bertz CT molecular complexity index is 1030. The highest BCUT2D eigenvalue weighted by atomic mass is 16.5. The highest BCUT2D eigenvalue weighted by Gasteiger charge is 2.24. The van der Waals surface area contributed by atoms with Crippen molar-refractivity contribution in [3.8, 4) is 17.1 Å². The molecule has 0 aliphatic carbocycles. The number of amides is 1. The molecule has 1 aliphatic heterocycles. The minimum absolute atomic E-state index is 0.246. The molecule has 0 unspecified atom stereocenters. The molecular weight excluding hydrogens is 376 g/mol. The lowest BCUT2D eigenvalue weighted by molar-refractivity contribution is -0.132. The van der Waals surface area contributed by atoms with E-state index >= 15 is 0 Å². The second-order valence-corrected chi connectivity index (χ2v) is 8.08. The number of carbonyl (C=O) groups is 1. The number of benzene rings is 2. The minimum atomic E-state index is 0.246. The van der Waals surface area contributed by atoms with Crippen molar-refractivity contribution in [2.45, 2.75) is 20.3 Å². The van der Waals surface area contributed by atoms with Crippen molar-refractivity contribution in [2.75, 3.05) is 38.2 Å². The molecule has 1 aliphatic rings. The van der Waals surface area contributed by atoms with E-state index in [4.69, 9.17) is 14.7 Å². The van der Waals surface area contributed by atoms with Crippen molar-refractivity contribution in [3.63, 3.8) is 0 Å². The quantitative estimate of drug-likeness (QED) is 0.643. The first-order chi connectivity index (χ1) is 14.5. The van der Waals surface area contributed by atoms with Gasteiger partial charge in [-0.15, -0.1) is 0 Å². The summed E-state index contributed by atoms with van der Waals surface area (Å²) < 4.78 is 5.27. The second kappa shape index (κ2) is 8.69. The molecule has 0 saturated carbocycles. The Morgan fingerprint density at radius 2 is 1.70 bits per heavy atom. The number of piperazine rings is 1. The summed E-state index contributed by atoms with van der Waals surface area (Å²) in [5.41, 5.74) is 1.88. The van der Waals surface area contributed by atoms with Crippen molar-refractivity contribution in [1.82, 2.24) is 14.9 Å². The van der Waals surface area contributed by atoms with Gasteiger partial charge in [-0.3, -0.25) is 4.79 Å². The number of ether oxygens (including phenoxy) is 1. The first-order valence-electron chi connectivity index (χ1n) is 10.5. The molecule has 0 spiro atoms. The summed E-state index contributed by atoms with van der Waals surface area (Å²) in [5.74, 6) is 3.07. The molecule has 0 radical (unpaired) electrons. The molecule has 4 rings (SSSR count). The Labute approximate surface area is 177 Å². The number of anilines is 1. The molecule has 6 nitrogen and oxygen atoms in total. The number of fused-ring (bicyclic) bond motifs is 1. The van der Waals surface area contributed by atoms with E-state index in [2.05, 4.69) is 24.8 Å². The third kappa shape index (κ3) is 4.22. The zero-order valence-corrected chi connectivity index (χ0v) is 17.8. The Balaban J connectivity index is 1.63. The SMILES string of the molecule is COc1ccc(-c2nc(N3CCN(C(=O)CC(C)C)CC3)c3ccccc3n2)cc1. The van der Waals surface area contributed by atoms with Crippen LogP contribution in [-0.2, 0) is 4.79 Å². The summed E-state index contributed by atoms with van der Waals surface area (Å²) in [4.78, 5) is 26.4. The standard InChI is InChI=1S/C24H28N4O2/c1-17(2)16-22(29)27-12-14-28(15-13-27)24-20-6-4-5-7-21(20)25-23(26-24)18-8-10-19(30-3)11-9-18/h4-11,17H,12-16H2,1-3H3. The van der Waals surface area contributed by atoms with Crippen molar-refractivity contribution < 1.29 is 9.53 Å². The predicted molar refractivity (Wildman–Crippen MR) is 120 cm³/mol. The molecule has 1 amide bonds. The molecule has 0 bridgehead atoms. The molecular formula is C24H28N4O2. The van der Waals surface area contributed by atoms with Crippen LogP contribution in [0.4, 0.5) is 5.82 Å². The lowest BCUT2D eigenvalue weighted by Gasteiger charge is -2.36. The smallest absolute Gasteiger partial charge is 0.222 e. The number of aromatic nitrogens is 2. The predicted octanol–water partition coefficient (Wildman–Crippen LogP) is 4.00. The van der Waals surface area contributed by atoms with Crippen molar-refractivity contribution >= 4 is 22.6 Å². The van der Waals surface area contributed by atoms with Crippen LogP contribution < -0.4 is 9.64 Å². The fourth-order valence-corrected chi connectivity index (χ4v) is 3.82. The van der Waals surface area contributed by atoms with Crippen LogP contribution in [0, 0.1) is 5.92 Å². The van der Waals surface area contributed by atoms with E-state index < -0.39 is 0 Å². The fraction of sp³-hybridized carbons (Fsp3) is 0.375. The van der Waals surface area contributed by atoms with Gasteiger partial charge in [0, 0.05) is 43.5 Å². The number of carbonyl (C=O) groups excluding carboxylic acids is 1. The normalized spacial score (nSPS) is 14.4. The summed E-state index contributed by atoms with van der Waals surface area (Å²) in [7, 11) is 1.66. The molecule has 1 saturated heterocycles. The summed E-state index contributed by atoms with van der Waals surface area (Å²) >= 11 is 0. The van der Waals surface area contributed by atoms with Crippen LogP contribution in [0.1, 0.15) is 20.3 Å². The van der Waals surface area contributed by atoms with Crippen LogP contribution in [0.5, 0.6) is 5.75 Å². The zero-order chi connectivity index (χ0) is 21.1. The lowest BCUT2D eigenvalue weighted by Crippen LogP contribution is -2.49. The zero-order valence-electron chi connectivity index (χ0n) is 17.8. The van der Waals surface area contributed by atoms with E-state index in [-0.39, 0.29) is 5.91 Å². The molecule has 2 aromatic carbocycles. The summed E-state index contributed by atoms with van der Waals surface area (Å²) in [6.07, 6.45) is 0.609. The molecule has 156 valence electrons. The van der Waals surface area contributed by atoms with Gasteiger partial charge in [-0.25, -0.2) is 9.97 Å². The third-order valence-corrected chi connectivity index (χ3v) is 5.45. The Hall–Kier alpha value is -3.15. The van der Waals surface area contributed by atoms with Gasteiger partial charge < -0.3 is 14.5 Å². The first-order valence-corrected chi connectivity index (χ1v) is 10.5. The van der Waals surface area contributed by atoms with Gasteiger partial charge in [0.1, 0.15) is 11.6 Å². The van der Waals surface area contributed by atoms with Gasteiger partial charge in [-0.05, 0) is 42.3 Å². The van der Waals surface area contributed by atoms with Crippen molar-refractivity contribution in [2.24, 2.45) is 5.92 Å². The van der Waals surface area contributed by atoms with Crippen LogP contribution in [0.2, 0.25) is 0 Å². The summed E-state index contributed by atoms with van der Waals surface area (Å²) in [6, 6.07) is 15.9. The molecule has 6 heteroatoms. The van der Waals surface area contributed by atoms with E-state index in [1.165, 1.54) is 0 Å².